The molecule has 2 fully saturated rings. The Bertz CT molecular complexity index is 319. The maximum atomic E-state index is 12.1. The predicted octanol–water partition coefficient (Wildman–Crippen LogP) is 1.58. The zero-order chi connectivity index (χ0) is 13.7. The molecule has 0 bridgehead atoms. The first-order valence-corrected chi connectivity index (χ1v) is 7.54. The minimum absolute atomic E-state index is 0.0514. The van der Waals surface area contributed by atoms with Gasteiger partial charge in [-0.25, -0.2) is 4.79 Å². The highest BCUT2D eigenvalue weighted by molar-refractivity contribution is 5.77. The highest BCUT2D eigenvalue weighted by Crippen LogP contribution is 2.17. The molecular formula is C14H25N3O2. The van der Waals surface area contributed by atoms with Gasteiger partial charge in [0.1, 0.15) is 0 Å². The summed E-state index contributed by atoms with van der Waals surface area (Å²) in [6.07, 6.45) is 6.52. The van der Waals surface area contributed by atoms with Crippen LogP contribution in [0.5, 0.6) is 0 Å². The fourth-order valence-electron chi connectivity index (χ4n) is 2.90. The summed E-state index contributed by atoms with van der Waals surface area (Å²) < 4.78 is 0. The van der Waals surface area contributed by atoms with E-state index < -0.39 is 0 Å². The fourth-order valence-corrected chi connectivity index (χ4v) is 2.90. The van der Waals surface area contributed by atoms with E-state index in [4.69, 9.17) is 0 Å². The molecule has 19 heavy (non-hydrogen) atoms. The van der Waals surface area contributed by atoms with Gasteiger partial charge in [-0.05, 0) is 12.8 Å². The quantitative estimate of drug-likeness (QED) is 0.826. The van der Waals surface area contributed by atoms with Crippen molar-refractivity contribution in [3.05, 3.63) is 0 Å². The molecule has 1 N–H and O–H groups in total. The number of rotatable bonds is 2. The van der Waals surface area contributed by atoms with E-state index in [1.165, 1.54) is 19.3 Å². The van der Waals surface area contributed by atoms with Gasteiger partial charge >= 0.3 is 6.03 Å². The average molecular weight is 267 g/mol. The first-order valence-electron chi connectivity index (χ1n) is 7.54. The second kappa shape index (κ2) is 6.78. The minimum Gasteiger partial charge on any atom is -0.339 e. The molecule has 1 saturated carbocycles. The maximum absolute atomic E-state index is 12.1. The summed E-state index contributed by atoms with van der Waals surface area (Å²) in [5.74, 6) is 0.187. The number of hydrogen-bond donors (Lipinski definition) is 1. The molecule has 2 aliphatic rings. The number of carbonyl (C=O) groups is 2. The van der Waals surface area contributed by atoms with Crippen LogP contribution in [0, 0.1) is 0 Å². The molecule has 0 unspecified atom stereocenters. The van der Waals surface area contributed by atoms with Crippen LogP contribution in [0.1, 0.15) is 45.4 Å². The Balaban J connectivity index is 1.74. The molecule has 1 heterocycles. The molecule has 1 saturated heterocycles. The van der Waals surface area contributed by atoms with Crippen LogP contribution in [0.3, 0.4) is 0 Å². The van der Waals surface area contributed by atoms with Crippen LogP contribution in [-0.4, -0.2) is 54.0 Å². The van der Waals surface area contributed by atoms with Crippen LogP contribution in [0.2, 0.25) is 0 Å². The van der Waals surface area contributed by atoms with E-state index >= 15 is 0 Å². The topological polar surface area (TPSA) is 52.7 Å². The van der Waals surface area contributed by atoms with E-state index in [-0.39, 0.29) is 11.9 Å². The van der Waals surface area contributed by atoms with Crippen molar-refractivity contribution in [3.8, 4) is 0 Å². The number of piperazine rings is 1. The van der Waals surface area contributed by atoms with E-state index in [1.54, 1.807) is 0 Å². The second-order valence-electron chi connectivity index (χ2n) is 5.51. The van der Waals surface area contributed by atoms with E-state index in [1.807, 2.05) is 16.7 Å². The van der Waals surface area contributed by atoms with Crippen molar-refractivity contribution in [2.24, 2.45) is 0 Å². The standard InChI is InChI=1S/C14H25N3O2/c1-2-13(18)16-8-10-17(11-9-16)14(19)15-12-6-4-3-5-7-12/h12H,2-11H2,1H3,(H,15,19). The number of amides is 3. The van der Waals surface area contributed by atoms with Crippen LogP contribution in [-0.2, 0) is 4.79 Å². The zero-order valence-corrected chi connectivity index (χ0v) is 11.9. The number of hydrogen-bond acceptors (Lipinski definition) is 2. The third-order valence-electron chi connectivity index (χ3n) is 4.15. The molecule has 1 aliphatic heterocycles. The Kier molecular flexibility index (Phi) is 5.05. The normalized spacial score (nSPS) is 21.3. The Hall–Kier alpha value is -1.26. The van der Waals surface area contributed by atoms with Crippen molar-refractivity contribution in [3.63, 3.8) is 0 Å². The van der Waals surface area contributed by atoms with Gasteiger partial charge in [-0.2, -0.15) is 0 Å². The van der Waals surface area contributed by atoms with Gasteiger partial charge in [0.05, 0.1) is 0 Å². The Labute approximate surface area is 115 Å². The van der Waals surface area contributed by atoms with E-state index in [9.17, 15) is 9.59 Å². The van der Waals surface area contributed by atoms with Crippen LogP contribution >= 0.6 is 0 Å². The van der Waals surface area contributed by atoms with Gasteiger partial charge in [-0.3, -0.25) is 4.79 Å². The Morgan fingerprint density at radius 3 is 2.16 bits per heavy atom. The summed E-state index contributed by atoms with van der Waals surface area (Å²) in [4.78, 5) is 27.4. The first-order chi connectivity index (χ1) is 9.20. The molecule has 0 aromatic carbocycles. The van der Waals surface area contributed by atoms with Crippen LogP contribution in [0.4, 0.5) is 4.79 Å². The second-order valence-corrected chi connectivity index (χ2v) is 5.51. The van der Waals surface area contributed by atoms with Crippen molar-refractivity contribution in [2.45, 2.75) is 51.5 Å². The fraction of sp³-hybridized carbons (Fsp3) is 0.857. The molecule has 0 aromatic heterocycles. The molecule has 3 amide bonds. The lowest BCUT2D eigenvalue weighted by molar-refractivity contribution is -0.132. The van der Waals surface area contributed by atoms with Gasteiger partial charge in [0.15, 0.2) is 0 Å². The maximum Gasteiger partial charge on any atom is 0.317 e. The smallest absolute Gasteiger partial charge is 0.317 e. The lowest BCUT2D eigenvalue weighted by Crippen LogP contribution is -2.54. The van der Waals surface area contributed by atoms with Gasteiger partial charge < -0.3 is 15.1 Å². The highest BCUT2D eigenvalue weighted by atomic mass is 16.2. The number of urea groups is 1. The van der Waals surface area contributed by atoms with Gasteiger partial charge in [0.25, 0.3) is 0 Å². The third-order valence-corrected chi connectivity index (χ3v) is 4.15. The van der Waals surface area contributed by atoms with E-state index in [0.29, 0.717) is 38.6 Å². The minimum atomic E-state index is 0.0514. The molecule has 1 aliphatic carbocycles. The summed E-state index contributed by atoms with van der Waals surface area (Å²) in [7, 11) is 0. The van der Waals surface area contributed by atoms with E-state index in [0.717, 1.165) is 12.8 Å². The molecule has 5 heteroatoms. The largest absolute Gasteiger partial charge is 0.339 e. The zero-order valence-electron chi connectivity index (χ0n) is 11.9. The summed E-state index contributed by atoms with van der Waals surface area (Å²) in [5, 5.41) is 3.13. The lowest BCUT2D eigenvalue weighted by atomic mass is 9.96. The summed E-state index contributed by atoms with van der Waals surface area (Å²) in [5.41, 5.74) is 0. The lowest BCUT2D eigenvalue weighted by Gasteiger charge is -2.36. The molecular weight excluding hydrogens is 242 g/mol. The summed E-state index contributed by atoms with van der Waals surface area (Å²) in [6.45, 7) is 4.54. The number of nitrogens with one attached hydrogen (secondary N) is 1. The molecule has 108 valence electrons. The van der Waals surface area contributed by atoms with Crippen molar-refractivity contribution >= 4 is 11.9 Å². The van der Waals surface area contributed by atoms with Crippen molar-refractivity contribution in [1.29, 1.82) is 0 Å². The monoisotopic (exact) mass is 267 g/mol. The first kappa shape index (κ1) is 14.2. The number of carbonyl (C=O) groups excluding carboxylic acids is 2. The molecule has 0 radical (unpaired) electrons. The van der Waals surface area contributed by atoms with Crippen LogP contribution < -0.4 is 5.32 Å². The van der Waals surface area contributed by atoms with Crippen molar-refractivity contribution < 1.29 is 9.59 Å². The third kappa shape index (κ3) is 3.85. The van der Waals surface area contributed by atoms with Crippen LogP contribution in [0.15, 0.2) is 0 Å². The molecule has 0 atom stereocenters. The molecule has 2 rings (SSSR count). The Morgan fingerprint density at radius 1 is 1.00 bits per heavy atom. The predicted molar refractivity (Wildman–Crippen MR) is 73.8 cm³/mol. The summed E-state index contributed by atoms with van der Waals surface area (Å²) >= 11 is 0. The Morgan fingerprint density at radius 2 is 1.58 bits per heavy atom. The van der Waals surface area contributed by atoms with Crippen molar-refractivity contribution in [1.82, 2.24) is 15.1 Å². The summed E-state index contributed by atoms with van der Waals surface area (Å²) in [6, 6.07) is 0.409. The SMILES string of the molecule is CCC(=O)N1CCN(C(=O)NC2CCCCC2)CC1. The van der Waals surface area contributed by atoms with E-state index in [2.05, 4.69) is 5.32 Å². The van der Waals surface area contributed by atoms with Gasteiger partial charge in [-0.15, -0.1) is 0 Å². The molecule has 5 nitrogen and oxygen atoms in total. The van der Waals surface area contributed by atoms with Crippen LogP contribution in [0.25, 0.3) is 0 Å². The van der Waals surface area contributed by atoms with Crippen molar-refractivity contribution in [2.75, 3.05) is 26.2 Å². The number of nitrogens with zero attached hydrogens (tertiary/aromatic N) is 2. The molecule has 0 aromatic rings. The molecule has 0 spiro atoms. The van der Waals surface area contributed by atoms with Gasteiger partial charge in [-0.1, -0.05) is 26.2 Å². The highest BCUT2D eigenvalue weighted by Gasteiger charge is 2.25. The van der Waals surface area contributed by atoms with Gasteiger partial charge in [0.2, 0.25) is 5.91 Å². The van der Waals surface area contributed by atoms with Gasteiger partial charge in [0, 0.05) is 38.6 Å². The average Bonchev–Trinajstić information content (AvgIpc) is 2.47.